The lowest BCUT2D eigenvalue weighted by molar-refractivity contribution is -0.126. The van der Waals surface area contributed by atoms with Gasteiger partial charge in [0.05, 0.1) is 12.2 Å². The van der Waals surface area contributed by atoms with Crippen LogP contribution in [0.3, 0.4) is 0 Å². The van der Waals surface area contributed by atoms with Crippen molar-refractivity contribution in [3.05, 3.63) is 53.6 Å². The maximum Gasteiger partial charge on any atom is 0.324 e. The molecule has 0 aromatic heterocycles. The number of fused-ring (bicyclic) bond motifs is 1. The summed E-state index contributed by atoms with van der Waals surface area (Å²) < 4.78 is 6.06. The van der Waals surface area contributed by atoms with Crippen LogP contribution in [0.15, 0.2) is 47.4 Å². The monoisotopic (exact) mass is 467 g/mol. The first kappa shape index (κ1) is 23.5. The number of carbonyl (C=O) groups is 2. The van der Waals surface area contributed by atoms with E-state index in [4.69, 9.17) is 4.74 Å². The molecule has 6 nitrogen and oxygen atoms in total. The second kappa shape index (κ2) is 10.5. The maximum absolute atomic E-state index is 13.4. The predicted octanol–water partition coefficient (Wildman–Crippen LogP) is 4.84. The smallest absolute Gasteiger partial charge is 0.324 e. The van der Waals surface area contributed by atoms with E-state index in [-0.39, 0.29) is 24.0 Å². The summed E-state index contributed by atoms with van der Waals surface area (Å²) in [5, 5.41) is 3.07. The minimum absolute atomic E-state index is 0.00235. The minimum Gasteiger partial charge on any atom is -0.486 e. The number of thioether (sulfide) groups is 1. The number of urea groups is 1. The van der Waals surface area contributed by atoms with Crippen molar-refractivity contribution in [2.45, 2.75) is 50.7 Å². The van der Waals surface area contributed by atoms with Crippen LogP contribution in [-0.2, 0) is 11.3 Å². The van der Waals surface area contributed by atoms with E-state index in [2.05, 4.69) is 42.8 Å². The zero-order chi connectivity index (χ0) is 23.4. The fourth-order valence-corrected chi connectivity index (χ4v) is 4.84. The Labute approximate surface area is 200 Å². The highest BCUT2D eigenvalue weighted by molar-refractivity contribution is 7.98. The van der Waals surface area contributed by atoms with Gasteiger partial charge >= 0.3 is 6.03 Å². The molecule has 176 valence electrons. The lowest BCUT2D eigenvalue weighted by Gasteiger charge is -2.39. The molecule has 0 saturated carbocycles. The van der Waals surface area contributed by atoms with Crippen molar-refractivity contribution in [1.29, 1.82) is 0 Å². The summed E-state index contributed by atoms with van der Waals surface area (Å²) in [6.45, 7) is 6.38. The van der Waals surface area contributed by atoms with Gasteiger partial charge in [-0.25, -0.2) is 4.79 Å². The molecule has 1 fully saturated rings. The number of nitrogens with zero attached hydrogens (tertiary/aromatic N) is 2. The van der Waals surface area contributed by atoms with Crippen LogP contribution in [0.4, 0.5) is 10.5 Å². The van der Waals surface area contributed by atoms with Crippen LogP contribution in [-0.4, -0.2) is 48.8 Å². The summed E-state index contributed by atoms with van der Waals surface area (Å²) in [6.07, 6.45) is 4.27. The number of aryl methyl sites for hydroxylation is 1. The van der Waals surface area contributed by atoms with Crippen LogP contribution in [0.1, 0.15) is 37.3 Å². The van der Waals surface area contributed by atoms with Crippen molar-refractivity contribution in [3.8, 4) is 5.75 Å². The highest BCUT2D eigenvalue weighted by Crippen LogP contribution is 2.36. The Kier molecular flexibility index (Phi) is 7.48. The summed E-state index contributed by atoms with van der Waals surface area (Å²) in [5.74, 6) is 0.795. The SMILES string of the molecule is CC[C@@H]1CN(C(=O)N2CCC(C(=O)NCc3ccc(SC)cc3)CC2)c2cc(C)ccc2O1. The van der Waals surface area contributed by atoms with Crippen molar-refractivity contribution in [2.24, 2.45) is 5.92 Å². The van der Waals surface area contributed by atoms with Crippen molar-refractivity contribution >= 4 is 29.4 Å². The van der Waals surface area contributed by atoms with E-state index in [1.165, 1.54) is 4.90 Å². The van der Waals surface area contributed by atoms with Gasteiger partial charge in [-0.05, 0) is 67.8 Å². The zero-order valence-corrected chi connectivity index (χ0v) is 20.5. The number of benzene rings is 2. The molecule has 1 atom stereocenters. The van der Waals surface area contributed by atoms with Gasteiger partial charge in [0.2, 0.25) is 5.91 Å². The molecular formula is C26H33N3O3S. The van der Waals surface area contributed by atoms with Crippen LogP contribution >= 0.6 is 11.8 Å². The summed E-state index contributed by atoms with van der Waals surface area (Å²) in [6, 6.07) is 14.3. The first-order valence-electron chi connectivity index (χ1n) is 11.7. The number of piperidine rings is 1. The molecule has 0 radical (unpaired) electrons. The Bertz CT molecular complexity index is 987. The van der Waals surface area contributed by atoms with E-state index >= 15 is 0 Å². The van der Waals surface area contributed by atoms with Crippen LogP contribution < -0.4 is 15.0 Å². The number of anilines is 1. The molecule has 1 N–H and O–H groups in total. The summed E-state index contributed by atoms with van der Waals surface area (Å²) in [5.41, 5.74) is 3.04. The Balaban J connectivity index is 1.33. The molecule has 2 aromatic carbocycles. The molecule has 2 heterocycles. The standard InChI is InChI=1S/C26H33N3O3S/c1-4-21-17-29(23-15-18(2)5-10-24(23)32-21)26(31)28-13-11-20(12-14-28)25(30)27-16-19-6-8-22(33-3)9-7-19/h5-10,15,20-21H,4,11-14,16-17H2,1-3H3,(H,27,30)/t21-/m1/s1. The number of amides is 3. The van der Waals surface area contributed by atoms with Gasteiger partial charge in [-0.1, -0.05) is 25.1 Å². The fourth-order valence-electron chi connectivity index (χ4n) is 4.43. The van der Waals surface area contributed by atoms with Gasteiger partial charge in [0.25, 0.3) is 0 Å². The largest absolute Gasteiger partial charge is 0.486 e. The Morgan fingerprint density at radius 1 is 1.12 bits per heavy atom. The van der Waals surface area contributed by atoms with Crippen molar-refractivity contribution in [3.63, 3.8) is 0 Å². The van der Waals surface area contributed by atoms with E-state index in [1.54, 1.807) is 11.8 Å². The molecule has 0 aliphatic carbocycles. The third-order valence-corrected chi connectivity index (χ3v) is 7.28. The summed E-state index contributed by atoms with van der Waals surface area (Å²) >= 11 is 1.71. The van der Waals surface area contributed by atoms with Crippen LogP contribution in [0, 0.1) is 12.8 Å². The third-order valence-electron chi connectivity index (χ3n) is 6.53. The molecule has 0 unspecified atom stereocenters. The topological polar surface area (TPSA) is 61.9 Å². The van der Waals surface area contributed by atoms with Gasteiger partial charge in [-0.2, -0.15) is 0 Å². The first-order chi connectivity index (χ1) is 16.0. The average molecular weight is 468 g/mol. The molecule has 4 rings (SSSR count). The number of nitrogens with one attached hydrogen (secondary N) is 1. The molecule has 2 aromatic rings. The maximum atomic E-state index is 13.4. The zero-order valence-electron chi connectivity index (χ0n) is 19.7. The molecule has 1 saturated heterocycles. The molecule has 33 heavy (non-hydrogen) atoms. The molecule has 7 heteroatoms. The number of hydrogen-bond donors (Lipinski definition) is 1. The van der Waals surface area contributed by atoms with Gasteiger partial charge in [0, 0.05) is 30.4 Å². The molecule has 2 aliphatic heterocycles. The molecule has 0 bridgehead atoms. The van der Waals surface area contributed by atoms with E-state index < -0.39 is 0 Å². The first-order valence-corrected chi connectivity index (χ1v) is 12.9. The number of rotatable bonds is 5. The van der Waals surface area contributed by atoms with Crippen molar-refractivity contribution in [2.75, 3.05) is 30.8 Å². The minimum atomic E-state index is -0.0536. The second-order valence-corrected chi connectivity index (χ2v) is 9.72. The number of hydrogen-bond acceptors (Lipinski definition) is 4. The summed E-state index contributed by atoms with van der Waals surface area (Å²) in [4.78, 5) is 31.1. The lowest BCUT2D eigenvalue weighted by Crippen LogP contribution is -2.52. The van der Waals surface area contributed by atoms with E-state index in [9.17, 15) is 9.59 Å². The van der Waals surface area contributed by atoms with Gasteiger partial charge in [-0.15, -0.1) is 11.8 Å². The van der Waals surface area contributed by atoms with E-state index in [1.807, 2.05) is 34.9 Å². The quantitative estimate of drug-likeness (QED) is 0.639. The molecule has 2 aliphatic rings. The average Bonchev–Trinajstić information content (AvgIpc) is 2.86. The van der Waals surface area contributed by atoms with Crippen molar-refractivity contribution < 1.29 is 14.3 Å². The number of ether oxygens (including phenoxy) is 1. The van der Waals surface area contributed by atoms with Crippen LogP contribution in [0.25, 0.3) is 0 Å². The highest BCUT2D eigenvalue weighted by atomic mass is 32.2. The molecular weight excluding hydrogens is 434 g/mol. The van der Waals surface area contributed by atoms with E-state index in [0.717, 1.165) is 29.0 Å². The fraction of sp³-hybridized carbons (Fsp3) is 0.462. The second-order valence-electron chi connectivity index (χ2n) is 8.84. The van der Waals surface area contributed by atoms with Crippen molar-refractivity contribution in [1.82, 2.24) is 10.2 Å². The predicted molar refractivity (Wildman–Crippen MR) is 133 cm³/mol. The van der Waals surface area contributed by atoms with E-state index in [0.29, 0.717) is 39.0 Å². The normalized spacial score (nSPS) is 18.5. The number of likely N-dealkylation sites (tertiary alicyclic amines) is 1. The lowest BCUT2D eigenvalue weighted by atomic mass is 9.96. The van der Waals surface area contributed by atoms with Gasteiger partial charge in [-0.3, -0.25) is 9.69 Å². The Hall–Kier alpha value is -2.67. The molecule has 0 spiro atoms. The van der Waals surface area contributed by atoms with Crippen LogP contribution in [0.2, 0.25) is 0 Å². The Morgan fingerprint density at radius 2 is 1.85 bits per heavy atom. The van der Waals surface area contributed by atoms with Crippen LogP contribution in [0.5, 0.6) is 5.75 Å². The Morgan fingerprint density at radius 3 is 2.52 bits per heavy atom. The van der Waals surface area contributed by atoms with Gasteiger partial charge in [0.15, 0.2) is 0 Å². The highest BCUT2D eigenvalue weighted by Gasteiger charge is 2.34. The summed E-state index contributed by atoms with van der Waals surface area (Å²) in [7, 11) is 0. The van der Waals surface area contributed by atoms with Gasteiger partial charge < -0.3 is 15.0 Å². The third kappa shape index (κ3) is 5.46. The van der Waals surface area contributed by atoms with Gasteiger partial charge in [0.1, 0.15) is 11.9 Å². The number of carbonyl (C=O) groups excluding carboxylic acids is 2. The molecule has 3 amide bonds.